The predicted octanol–water partition coefficient (Wildman–Crippen LogP) is 2.63. The maximum absolute atomic E-state index is 13.8. The van der Waals surface area contributed by atoms with Crippen LogP contribution in [0.3, 0.4) is 0 Å². The van der Waals surface area contributed by atoms with Crippen molar-refractivity contribution in [3.05, 3.63) is 29.3 Å². The van der Waals surface area contributed by atoms with Crippen LogP contribution in [0.5, 0.6) is 0 Å². The molecular weight excluding hydrogens is 300 g/mol. The van der Waals surface area contributed by atoms with Crippen LogP contribution in [0.1, 0.15) is 44.0 Å². The molecule has 4 nitrogen and oxygen atoms in total. The van der Waals surface area contributed by atoms with Crippen LogP contribution < -0.4 is 4.72 Å². The molecule has 0 bridgehead atoms. The molecule has 0 spiro atoms. The Morgan fingerprint density at radius 3 is 2.24 bits per heavy atom. The van der Waals surface area contributed by atoms with Gasteiger partial charge in [-0.25, -0.2) is 21.9 Å². The molecule has 1 fully saturated rings. The van der Waals surface area contributed by atoms with Gasteiger partial charge in [-0.15, -0.1) is 0 Å². The summed E-state index contributed by atoms with van der Waals surface area (Å²) in [5.74, 6) is -2.84. The first kappa shape index (κ1) is 16.0. The summed E-state index contributed by atoms with van der Waals surface area (Å²) in [5.41, 5.74) is -1.32. The van der Waals surface area contributed by atoms with E-state index in [2.05, 4.69) is 4.72 Å². The van der Waals surface area contributed by atoms with E-state index in [0.717, 1.165) is 6.07 Å². The van der Waals surface area contributed by atoms with Gasteiger partial charge in [0.1, 0.15) is 16.5 Å². The molecule has 1 saturated carbocycles. The van der Waals surface area contributed by atoms with E-state index in [-0.39, 0.29) is 6.04 Å². The highest BCUT2D eigenvalue weighted by Gasteiger charge is 2.32. The highest BCUT2D eigenvalue weighted by molar-refractivity contribution is 7.89. The molecule has 1 aliphatic rings. The molecule has 1 aromatic carbocycles. The summed E-state index contributed by atoms with van der Waals surface area (Å²) < 4.78 is 54.0. The molecule has 7 heteroatoms. The minimum Gasteiger partial charge on any atom is -0.293 e. The molecule has 0 aliphatic heterocycles. The fourth-order valence-electron chi connectivity index (χ4n) is 1.80. The highest BCUT2D eigenvalue weighted by Crippen LogP contribution is 2.28. The van der Waals surface area contributed by atoms with Crippen LogP contribution in [0.2, 0.25) is 0 Å². The maximum atomic E-state index is 13.8. The van der Waals surface area contributed by atoms with Gasteiger partial charge in [0.25, 0.3) is 0 Å². The van der Waals surface area contributed by atoms with Crippen molar-refractivity contribution < 1.29 is 22.0 Å². The maximum Gasteiger partial charge on any atom is 0.243 e. The highest BCUT2D eigenvalue weighted by atomic mass is 32.2. The molecule has 116 valence electrons. The summed E-state index contributed by atoms with van der Waals surface area (Å²) in [6.07, 6.45) is 1.38. The van der Waals surface area contributed by atoms with Gasteiger partial charge in [-0.1, -0.05) is 20.8 Å². The van der Waals surface area contributed by atoms with Crippen molar-refractivity contribution in [2.75, 3.05) is 0 Å². The van der Waals surface area contributed by atoms with Gasteiger partial charge in [-0.05, 0) is 18.9 Å². The van der Waals surface area contributed by atoms with Crippen molar-refractivity contribution >= 4 is 15.8 Å². The Hall–Kier alpha value is -1.34. The average molecular weight is 317 g/mol. The number of halogens is 2. The fourth-order valence-corrected chi connectivity index (χ4v) is 3.19. The minimum absolute atomic E-state index is 0.207. The Morgan fingerprint density at radius 2 is 1.76 bits per heavy atom. The van der Waals surface area contributed by atoms with Crippen LogP contribution in [0, 0.1) is 17.0 Å². The molecule has 0 aromatic heterocycles. The number of hydrogen-bond donors (Lipinski definition) is 1. The van der Waals surface area contributed by atoms with Crippen molar-refractivity contribution in [3.63, 3.8) is 0 Å². The Morgan fingerprint density at radius 1 is 1.19 bits per heavy atom. The number of rotatable bonds is 4. The van der Waals surface area contributed by atoms with Crippen molar-refractivity contribution in [2.24, 2.45) is 5.41 Å². The van der Waals surface area contributed by atoms with E-state index in [9.17, 15) is 22.0 Å². The van der Waals surface area contributed by atoms with Gasteiger partial charge in [-0.3, -0.25) is 4.79 Å². The van der Waals surface area contributed by atoms with Crippen LogP contribution in [0.25, 0.3) is 0 Å². The molecule has 2 rings (SSSR count). The Kier molecular flexibility index (Phi) is 3.92. The predicted molar refractivity (Wildman–Crippen MR) is 73.5 cm³/mol. The molecule has 0 atom stereocenters. The molecule has 21 heavy (non-hydrogen) atoms. The average Bonchev–Trinajstić information content (AvgIpc) is 3.09. The lowest BCUT2D eigenvalue weighted by Gasteiger charge is -2.18. The van der Waals surface area contributed by atoms with E-state index < -0.39 is 43.3 Å². The molecule has 0 unspecified atom stereocenters. The van der Waals surface area contributed by atoms with E-state index in [1.165, 1.54) is 0 Å². The number of benzene rings is 1. The van der Waals surface area contributed by atoms with Crippen molar-refractivity contribution in [2.45, 2.75) is 44.6 Å². The van der Waals surface area contributed by atoms with Gasteiger partial charge in [0.2, 0.25) is 10.0 Å². The molecule has 0 heterocycles. The van der Waals surface area contributed by atoms with Gasteiger partial charge in [0.15, 0.2) is 5.78 Å². The van der Waals surface area contributed by atoms with Crippen LogP contribution in [-0.4, -0.2) is 20.2 Å². The topological polar surface area (TPSA) is 63.2 Å². The smallest absolute Gasteiger partial charge is 0.243 e. The monoisotopic (exact) mass is 317 g/mol. The molecular formula is C14H17F2NO3S. The number of ketones is 1. The number of carbonyl (C=O) groups excluding carboxylic acids is 1. The number of Topliss-reactive ketones (excluding diaryl/α,β-unsaturated/α-hetero) is 1. The van der Waals surface area contributed by atoms with Crippen LogP contribution in [0.4, 0.5) is 8.78 Å². The van der Waals surface area contributed by atoms with Gasteiger partial charge in [-0.2, -0.15) is 0 Å². The van der Waals surface area contributed by atoms with Gasteiger partial charge in [0, 0.05) is 17.5 Å². The standard InChI is InChI=1S/C14H17F2NO3S/c1-14(2,3)13(18)9-6-12(11(16)7-10(9)15)21(19,20)17-8-4-5-8/h6-8,17H,4-5H2,1-3H3. The third-order valence-electron chi connectivity index (χ3n) is 3.14. The van der Waals surface area contributed by atoms with Crippen LogP contribution >= 0.6 is 0 Å². The number of sulfonamides is 1. The first-order valence-electron chi connectivity index (χ1n) is 6.58. The van der Waals surface area contributed by atoms with Crippen LogP contribution in [0.15, 0.2) is 17.0 Å². The van der Waals surface area contributed by atoms with Gasteiger partial charge in [0.05, 0.1) is 5.56 Å². The molecule has 1 aliphatic carbocycles. The largest absolute Gasteiger partial charge is 0.293 e. The van der Waals surface area contributed by atoms with Gasteiger partial charge < -0.3 is 0 Å². The fraction of sp³-hybridized carbons (Fsp3) is 0.500. The first-order chi connectivity index (χ1) is 9.52. The normalized spacial score (nSPS) is 16.0. The third-order valence-corrected chi connectivity index (χ3v) is 4.67. The second-order valence-corrected chi connectivity index (χ2v) is 7.92. The van der Waals surface area contributed by atoms with E-state index in [0.29, 0.717) is 18.9 Å². The zero-order chi connectivity index (χ0) is 16.0. The Bertz CT molecular complexity index is 689. The lowest BCUT2D eigenvalue weighted by atomic mass is 9.86. The van der Waals surface area contributed by atoms with Crippen molar-refractivity contribution in [3.8, 4) is 0 Å². The van der Waals surface area contributed by atoms with E-state index >= 15 is 0 Å². The number of nitrogens with one attached hydrogen (secondary N) is 1. The zero-order valence-electron chi connectivity index (χ0n) is 12.0. The molecule has 1 aromatic rings. The van der Waals surface area contributed by atoms with Crippen LogP contribution in [-0.2, 0) is 10.0 Å². The van der Waals surface area contributed by atoms with E-state index in [1.807, 2.05) is 0 Å². The summed E-state index contributed by atoms with van der Waals surface area (Å²) in [5, 5.41) is 0. The number of carbonyl (C=O) groups is 1. The minimum atomic E-state index is -4.09. The van der Waals surface area contributed by atoms with E-state index in [1.54, 1.807) is 20.8 Å². The van der Waals surface area contributed by atoms with Crippen molar-refractivity contribution in [1.29, 1.82) is 0 Å². The molecule has 0 saturated heterocycles. The summed E-state index contributed by atoms with van der Waals surface area (Å²) in [6.45, 7) is 4.73. The Labute approximate surface area is 122 Å². The lowest BCUT2D eigenvalue weighted by Crippen LogP contribution is -2.28. The quantitative estimate of drug-likeness (QED) is 0.868. The second kappa shape index (κ2) is 5.14. The second-order valence-electron chi connectivity index (χ2n) is 6.24. The number of hydrogen-bond acceptors (Lipinski definition) is 3. The molecule has 0 radical (unpaired) electrons. The summed E-state index contributed by atoms with van der Waals surface area (Å²) in [7, 11) is -4.09. The first-order valence-corrected chi connectivity index (χ1v) is 8.07. The molecule has 1 N–H and O–H groups in total. The summed E-state index contributed by atoms with van der Waals surface area (Å²) >= 11 is 0. The summed E-state index contributed by atoms with van der Waals surface area (Å²) in [6, 6.07) is 1.02. The summed E-state index contributed by atoms with van der Waals surface area (Å²) in [4.78, 5) is 11.4. The Balaban J connectivity index is 2.50. The SMILES string of the molecule is CC(C)(C)C(=O)c1cc(S(=O)(=O)NC2CC2)c(F)cc1F. The third kappa shape index (κ3) is 3.47. The zero-order valence-corrected chi connectivity index (χ0v) is 12.9. The lowest BCUT2D eigenvalue weighted by molar-refractivity contribution is 0.0853. The van der Waals surface area contributed by atoms with E-state index in [4.69, 9.17) is 0 Å². The molecule has 0 amide bonds. The van der Waals surface area contributed by atoms with Crippen molar-refractivity contribution in [1.82, 2.24) is 4.72 Å². The van der Waals surface area contributed by atoms with Gasteiger partial charge >= 0.3 is 0 Å².